The molecule has 0 unspecified atom stereocenters. The molecular weight excluding hydrogens is 368 g/mol. The number of benzene rings is 2. The third-order valence-corrected chi connectivity index (χ3v) is 4.84. The average molecular weight is 387 g/mol. The number of hydrogen-bond donors (Lipinski definition) is 1. The molecule has 1 N–H and O–H groups in total. The predicted octanol–water partition coefficient (Wildman–Crippen LogP) is 3.61. The summed E-state index contributed by atoms with van der Waals surface area (Å²) in [6.07, 6.45) is 2.10. The van der Waals surface area contributed by atoms with Crippen LogP contribution in [-0.4, -0.2) is 29.8 Å². The topological polar surface area (TPSA) is 49.4 Å². The van der Waals surface area contributed by atoms with Crippen molar-refractivity contribution in [3.05, 3.63) is 69.7 Å². The van der Waals surface area contributed by atoms with Gasteiger partial charge in [0, 0.05) is 29.7 Å². The zero-order valence-corrected chi connectivity index (χ0v) is 15.0. The largest absolute Gasteiger partial charge is 0.355 e. The zero-order valence-electron chi connectivity index (χ0n) is 13.5. The van der Waals surface area contributed by atoms with Crippen molar-refractivity contribution in [2.24, 2.45) is 0 Å². The van der Waals surface area contributed by atoms with Crippen molar-refractivity contribution >= 4 is 27.7 Å². The molecule has 2 aromatic carbocycles. The molecule has 1 fully saturated rings. The van der Waals surface area contributed by atoms with Crippen molar-refractivity contribution in [3.8, 4) is 0 Å². The molecule has 24 heavy (non-hydrogen) atoms. The van der Waals surface area contributed by atoms with Crippen molar-refractivity contribution in [3.63, 3.8) is 0 Å². The van der Waals surface area contributed by atoms with E-state index in [9.17, 15) is 9.59 Å². The van der Waals surface area contributed by atoms with E-state index in [1.807, 2.05) is 41.3 Å². The molecule has 0 bridgehead atoms. The smallest absolute Gasteiger partial charge is 0.255 e. The van der Waals surface area contributed by atoms with Crippen LogP contribution in [0.4, 0.5) is 0 Å². The Labute approximate surface area is 150 Å². The van der Waals surface area contributed by atoms with Crippen molar-refractivity contribution in [1.29, 1.82) is 0 Å². The molecule has 4 nitrogen and oxygen atoms in total. The van der Waals surface area contributed by atoms with Gasteiger partial charge >= 0.3 is 0 Å². The molecule has 5 heteroatoms. The van der Waals surface area contributed by atoms with Gasteiger partial charge < -0.3 is 10.2 Å². The molecule has 0 atom stereocenters. The second-order valence-corrected chi connectivity index (χ2v) is 6.77. The molecule has 3 rings (SSSR count). The van der Waals surface area contributed by atoms with E-state index < -0.39 is 0 Å². The van der Waals surface area contributed by atoms with Crippen LogP contribution in [0.1, 0.15) is 39.1 Å². The van der Waals surface area contributed by atoms with Crippen LogP contribution in [0.5, 0.6) is 0 Å². The molecule has 1 saturated carbocycles. The number of rotatable bonds is 5. The van der Waals surface area contributed by atoms with Crippen molar-refractivity contribution < 1.29 is 9.59 Å². The summed E-state index contributed by atoms with van der Waals surface area (Å²) in [5.74, 6) is -0.0646. The highest BCUT2D eigenvalue weighted by molar-refractivity contribution is 9.10. The van der Waals surface area contributed by atoms with E-state index in [2.05, 4.69) is 21.2 Å². The lowest BCUT2D eigenvalue weighted by Gasteiger charge is -2.23. The van der Waals surface area contributed by atoms with Gasteiger partial charge in [0.2, 0.25) is 0 Å². The molecule has 0 aliphatic heterocycles. The SMILES string of the molecule is CNC(=O)c1ccc(CN(C(=O)c2ccccc2Br)C2CC2)cc1. The summed E-state index contributed by atoms with van der Waals surface area (Å²) in [7, 11) is 1.61. The maximum Gasteiger partial charge on any atom is 0.255 e. The van der Waals surface area contributed by atoms with Gasteiger partial charge in [-0.05, 0) is 58.6 Å². The normalized spacial score (nSPS) is 13.4. The van der Waals surface area contributed by atoms with Crippen LogP contribution in [0.3, 0.4) is 0 Å². The first-order valence-corrected chi connectivity index (χ1v) is 8.76. The minimum Gasteiger partial charge on any atom is -0.355 e. The van der Waals surface area contributed by atoms with Gasteiger partial charge in [0.05, 0.1) is 5.56 Å². The summed E-state index contributed by atoms with van der Waals surface area (Å²) in [4.78, 5) is 26.4. The minimum absolute atomic E-state index is 0.0420. The summed E-state index contributed by atoms with van der Waals surface area (Å²) in [6.45, 7) is 0.554. The maximum atomic E-state index is 12.9. The molecule has 1 aliphatic rings. The van der Waals surface area contributed by atoms with Crippen molar-refractivity contribution in [2.75, 3.05) is 7.05 Å². The van der Waals surface area contributed by atoms with E-state index >= 15 is 0 Å². The average Bonchev–Trinajstić information content (AvgIpc) is 3.44. The molecule has 0 radical (unpaired) electrons. The Balaban J connectivity index is 1.79. The molecule has 1 aliphatic carbocycles. The van der Waals surface area contributed by atoms with Crippen LogP contribution in [0.25, 0.3) is 0 Å². The highest BCUT2D eigenvalue weighted by Crippen LogP contribution is 2.31. The highest BCUT2D eigenvalue weighted by atomic mass is 79.9. The molecule has 2 aromatic rings. The Kier molecular flexibility index (Phi) is 5.00. The highest BCUT2D eigenvalue weighted by Gasteiger charge is 2.33. The first kappa shape index (κ1) is 16.7. The number of carbonyl (C=O) groups excluding carboxylic acids is 2. The van der Waals surface area contributed by atoms with Crippen LogP contribution in [0.2, 0.25) is 0 Å². The fourth-order valence-electron chi connectivity index (χ4n) is 2.64. The van der Waals surface area contributed by atoms with E-state index in [0.717, 1.165) is 22.9 Å². The van der Waals surface area contributed by atoms with Gasteiger partial charge in [0.1, 0.15) is 0 Å². The number of nitrogens with zero attached hydrogens (tertiary/aromatic N) is 1. The van der Waals surface area contributed by atoms with Gasteiger partial charge in [0.25, 0.3) is 11.8 Å². The van der Waals surface area contributed by atoms with Gasteiger partial charge in [-0.2, -0.15) is 0 Å². The number of halogens is 1. The Hall–Kier alpha value is -2.14. The first-order valence-electron chi connectivity index (χ1n) is 7.96. The van der Waals surface area contributed by atoms with Gasteiger partial charge in [-0.1, -0.05) is 24.3 Å². The number of carbonyl (C=O) groups is 2. The molecule has 0 heterocycles. The van der Waals surface area contributed by atoms with Crippen molar-refractivity contribution in [1.82, 2.24) is 10.2 Å². The molecule has 124 valence electrons. The molecule has 0 saturated heterocycles. The second-order valence-electron chi connectivity index (χ2n) is 5.92. The lowest BCUT2D eigenvalue weighted by Crippen LogP contribution is -2.32. The summed E-state index contributed by atoms with van der Waals surface area (Å²) in [6, 6.07) is 15.2. The van der Waals surface area contributed by atoms with Gasteiger partial charge in [-0.15, -0.1) is 0 Å². The van der Waals surface area contributed by atoms with E-state index in [0.29, 0.717) is 23.7 Å². The monoisotopic (exact) mass is 386 g/mol. The van der Waals surface area contributed by atoms with Crippen LogP contribution >= 0.6 is 15.9 Å². The van der Waals surface area contributed by atoms with Crippen LogP contribution in [0, 0.1) is 0 Å². The lowest BCUT2D eigenvalue weighted by molar-refractivity contribution is 0.0728. The van der Waals surface area contributed by atoms with Crippen molar-refractivity contribution in [2.45, 2.75) is 25.4 Å². The Morgan fingerprint density at radius 3 is 2.38 bits per heavy atom. The van der Waals surface area contributed by atoms with Crippen LogP contribution in [0.15, 0.2) is 53.0 Å². The number of hydrogen-bond acceptors (Lipinski definition) is 2. The quantitative estimate of drug-likeness (QED) is 0.852. The zero-order chi connectivity index (χ0) is 17.1. The van der Waals surface area contributed by atoms with Crippen LogP contribution in [-0.2, 0) is 6.54 Å². The van der Waals surface area contributed by atoms with Gasteiger partial charge in [-0.3, -0.25) is 9.59 Å². The van der Waals surface area contributed by atoms with E-state index in [4.69, 9.17) is 0 Å². The summed E-state index contributed by atoms with van der Waals surface area (Å²) in [5.41, 5.74) is 2.33. The summed E-state index contributed by atoms with van der Waals surface area (Å²) < 4.78 is 0.815. The Bertz CT molecular complexity index is 754. The minimum atomic E-state index is -0.107. The van der Waals surface area contributed by atoms with E-state index in [-0.39, 0.29) is 11.8 Å². The predicted molar refractivity (Wildman–Crippen MR) is 96.9 cm³/mol. The Morgan fingerprint density at radius 1 is 1.12 bits per heavy atom. The molecule has 0 aromatic heterocycles. The first-order chi connectivity index (χ1) is 11.6. The fourth-order valence-corrected chi connectivity index (χ4v) is 3.10. The van der Waals surface area contributed by atoms with Gasteiger partial charge in [-0.25, -0.2) is 0 Å². The fraction of sp³-hybridized carbons (Fsp3) is 0.263. The number of nitrogens with one attached hydrogen (secondary N) is 1. The van der Waals surface area contributed by atoms with Gasteiger partial charge in [0.15, 0.2) is 0 Å². The third-order valence-electron chi connectivity index (χ3n) is 4.15. The standard InChI is InChI=1S/C19H19BrN2O2/c1-21-18(23)14-8-6-13(7-9-14)12-22(15-10-11-15)19(24)16-4-2-3-5-17(16)20/h2-9,15H,10-12H2,1H3,(H,21,23). The Morgan fingerprint density at radius 2 is 1.79 bits per heavy atom. The molecule has 2 amide bonds. The summed E-state index contributed by atoms with van der Waals surface area (Å²) >= 11 is 3.46. The second kappa shape index (κ2) is 7.18. The van der Waals surface area contributed by atoms with E-state index in [1.165, 1.54) is 0 Å². The summed E-state index contributed by atoms with van der Waals surface area (Å²) in [5, 5.41) is 2.61. The lowest BCUT2D eigenvalue weighted by atomic mass is 10.1. The number of amides is 2. The maximum absolute atomic E-state index is 12.9. The van der Waals surface area contributed by atoms with Crippen LogP contribution < -0.4 is 5.32 Å². The molecule has 0 spiro atoms. The molecular formula is C19H19BrN2O2. The third kappa shape index (κ3) is 3.67. The van der Waals surface area contributed by atoms with E-state index in [1.54, 1.807) is 19.2 Å².